The fraction of sp³-hybridized carbons (Fsp3) is 0.462. The summed E-state index contributed by atoms with van der Waals surface area (Å²) in [5, 5.41) is 4.48. The summed E-state index contributed by atoms with van der Waals surface area (Å²) >= 11 is 7.47. The minimum absolute atomic E-state index is 0.152. The van der Waals surface area contributed by atoms with Crippen molar-refractivity contribution in [3.8, 4) is 0 Å². The first-order chi connectivity index (χ1) is 8.56. The number of benzene rings is 1. The number of nitrogens with one attached hydrogen (secondary N) is 1. The van der Waals surface area contributed by atoms with E-state index in [0.717, 1.165) is 16.5 Å². The Morgan fingerprint density at radius 2 is 2.28 bits per heavy atom. The molecule has 2 rings (SSSR count). The molecule has 0 aromatic heterocycles. The molecule has 0 aliphatic carbocycles. The van der Waals surface area contributed by atoms with Gasteiger partial charge in [0.25, 0.3) is 0 Å². The van der Waals surface area contributed by atoms with E-state index in [4.69, 9.17) is 11.6 Å². The number of aliphatic imine (C=N–C) groups is 1. The van der Waals surface area contributed by atoms with Crippen LogP contribution in [0.1, 0.15) is 19.4 Å². The highest BCUT2D eigenvalue weighted by atomic mass is 35.5. The lowest BCUT2D eigenvalue weighted by atomic mass is 10.1. The zero-order valence-electron chi connectivity index (χ0n) is 10.4. The maximum absolute atomic E-state index is 13.0. The zero-order valence-corrected chi connectivity index (χ0v) is 12.0. The number of halogens is 2. The van der Waals surface area contributed by atoms with Crippen molar-refractivity contribution in [3.05, 3.63) is 34.6 Å². The van der Waals surface area contributed by atoms with Crippen LogP contribution in [0, 0.1) is 11.7 Å². The van der Waals surface area contributed by atoms with Gasteiger partial charge in [0.1, 0.15) is 5.82 Å². The number of amidine groups is 1. The summed E-state index contributed by atoms with van der Waals surface area (Å²) in [4.78, 5) is 4.50. The van der Waals surface area contributed by atoms with Gasteiger partial charge in [-0.15, -0.1) is 0 Å². The summed E-state index contributed by atoms with van der Waals surface area (Å²) in [5.41, 5.74) is 0.919. The minimum atomic E-state index is -0.388. The third kappa shape index (κ3) is 3.39. The maximum Gasteiger partial charge on any atom is 0.157 e. The molecule has 1 saturated heterocycles. The molecule has 1 aliphatic rings. The summed E-state index contributed by atoms with van der Waals surface area (Å²) in [6.07, 6.45) is 0. The van der Waals surface area contributed by atoms with E-state index in [1.165, 1.54) is 6.07 Å². The standard InChI is InChI=1S/C13H16ClFN2S/c1-8-7-18-13(17-9(8)2)16-6-10-3-4-12(15)11(14)5-10/h3-5,8-9H,6-7H2,1-2H3,(H,16,17). The van der Waals surface area contributed by atoms with Gasteiger partial charge in [0.2, 0.25) is 0 Å². The largest absolute Gasteiger partial charge is 0.362 e. The molecule has 1 aromatic rings. The van der Waals surface area contributed by atoms with Gasteiger partial charge in [-0.25, -0.2) is 4.39 Å². The van der Waals surface area contributed by atoms with Crippen LogP contribution in [0.5, 0.6) is 0 Å². The first-order valence-electron chi connectivity index (χ1n) is 5.94. The second-order valence-electron chi connectivity index (χ2n) is 4.59. The van der Waals surface area contributed by atoms with E-state index in [0.29, 0.717) is 18.5 Å². The van der Waals surface area contributed by atoms with Crippen molar-refractivity contribution in [2.45, 2.75) is 26.4 Å². The van der Waals surface area contributed by atoms with E-state index < -0.39 is 0 Å². The lowest BCUT2D eigenvalue weighted by Gasteiger charge is -2.28. The third-order valence-electron chi connectivity index (χ3n) is 3.08. The van der Waals surface area contributed by atoms with Gasteiger partial charge < -0.3 is 5.32 Å². The highest BCUT2D eigenvalue weighted by molar-refractivity contribution is 8.13. The normalized spacial score (nSPS) is 26.1. The highest BCUT2D eigenvalue weighted by Crippen LogP contribution is 2.21. The van der Waals surface area contributed by atoms with Crippen LogP contribution >= 0.6 is 23.4 Å². The number of thioether (sulfide) groups is 1. The van der Waals surface area contributed by atoms with Crippen molar-refractivity contribution in [2.24, 2.45) is 10.9 Å². The highest BCUT2D eigenvalue weighted by Gasteiger charge is 2.20. The molecule has 18 heavy (non-hydrogen) atoms. The van der Waals surface area contributed by atoms with Crippen LogP contribution in [0.2, 0.25) is 5.02 Å². The quantitative estimate of drug-likeness (QED) is 0.896. The van der Waals surface area contributed by atoms with Crippen LogP contribution in [-0.4, -0.2) is 17.0 Å². The summed E-state index contributed by atoms with van der Waals surface area (Å²) < 4.78 is 13.0. The summed E-state index contributed by atoms with van der Waals surface area (Å²) in [5.74, 6) is 1.34. The summed E-state index contributed by atoms with van der Waals surface area (Å²) in [6, 6.07) is 5.16. The predicted molar refractivity (Wildman–Crippen MR) is 76.8 cm³/mol. The van der Waals surface area contributed by atoms with Gasteiger partial charge in [-0.05, 0) is 30.5 Å². The van der Waals surface area contributed by atoms with Crippen LogP contribution in [0.25, 0.3) is 0 Å². The van der Waals surface area contributed by atoms with Crippen LogP contribution < -0.4 is 5.32 Å². The first-order valence-corrected chi connectivity index (χ1v) is 7.30. The number of hydrogen-bond donors (Lipinski definition) is 1. The van der Waals surface area contributed by atoms with Gasteiger partial charge in [0.05, 0.1) is 11.6 Å². The Morgan fingerprint density at radius 1 is 1.50 bits per heavy atom. The Morgan fingerprint density at radius 3 is 2.94 bits per heavy atom. The van der Waals surface area contributed by atoms with E-state index >= 15 is 0 Å². The fourth-order valence-electron chi connectivity index (χ4n) is 1.63. The van der Waals surface area contributed by atoms with Gasteiger partial charge in [0.15, 0.2) is 5.17 Å². The van der Waals surface area contributed by atoms with Gasteiger partial charge in [-0.3, -0.25) is 4.99 Å². The molecule has 1 N–H and O–H groups in total. The minimum Gasteiger partial charge on any atom is -0.362 e. The van der Waals surface area contributed by atoms with Crippen LogP contribution in [0.3, 0.4) is 0 Å². The third-order valence-corrected chi connectivity index (χ3v) is 4.58. The molecule has 0 saturated carbocycles. The average Bonchev–Trinajstić information content (AvgIpc) is 2.35. The molecule has 2 unspecified atom stereocenters. The lowest BCUT2D eigenvalue weighted by Crippen LogP contribution is -2.41. The molecule has 1 fully saturated rings. The van der Waals surface area contributed by atoms with Crippen LogP contribution in [0.15, 0.2) is 23.2 Å². The van der Waals surface area contributed by atoms with Crippen molar-refractivity contribution in [1.82, 2.24) is 5.32 Å². The molecule has 5 heteroatoms. The van der Waals surface area contributed by atoms with E-state index in [2.05, 4.69) is 24.2 Å². The molecule has 1 aromatic carbocycles. The molecule has 1 aliphatic heterocycles. The predicted octanol–water partition coefficient (Wildman–Crippen LogP) is 3.70. The molecular weight excluding hydrogens is 271 g/mol. The average molecular weight is 287 g/mol. The van der Waals surface area contributed by atoms with Crippen LogP contribution in [-0.2, 0) is 6.54 Å². The van der Waals surface area contributed by atoms with Gasteiger partial charge in [0, 0.05) is 11.8 Å². The molecule has 0 bridgehead atoms. The number of nitrogens with zero attached hydrogens (tertiary/aromatic N) is 1. The van der Waals surface area contributed by atoms with Gasteiger partial charge >= 0.3 is 0 Å². The monoisotopic (exact) mass is 286 g/mol. The van der Waals surface area contributed by atoms with Crippen molar-refractivity contribution >= 4 is 28.5 Å². The van der Waals surface area contributed by atoms with E-state index in [1.807, 2.05) is 0 Å². The summed E-state index contributed by atoms with van der Waals surface area (Å²) in [6.45, 7) is 4.91. The first kappa shape index (κ1) is 13.7. The molecule has 1 heterocycles. The molecular formula is C13H16ClFN2S. The van der Waals surface area contributed by atoms with Crippen LogP contribution in [0.4, 0.5) is 4.39 Å². The molecule has 2 nitrogen and oxygen atoms in total. The van der Waals surface area contributed by atoms with E-state index in [9.17, 15) is 4.39 Å². The topological polar surface area (TPSA) is 24.4 Å². The number of hydrogen-bond acceptors (Lipinski definition) is 2. The summed E-state index contributed by atoms with van der Waals surface area (Å²) in [7, 11) is 0. The molecule has 0 radical (unpaired) electrons. The Kier molecular flexibility index (Phi) is 4.51. The van der Waals surface area contributed by atoms with E-state index in [1.54, 1.807) is 23.9 Å². The van der Waals surface area contributed by atoms with Crippen molar-refractivity contribution in [2.75, 3.05) is 5.75 Å². The van der Waals surface area contributed by atoms with Gasteiger partial charge in [-0.1, -0.05) is 36.4 Å². The Labute approximate surface area is 116 Å². The lowest BCUT2D eigenvalue weighted by molar-refractivity contribution is 0.490. The molecule has 0 amide bonds. The number of rotatable bonds is 2. The Hall–Kier alpha value is -0.740. The maximum atomic E-state index is 13.0. The Bertz CT molecular complexity index is 464. The SMILES string of the molecule is CC1CSC(=NCc2ccc(F)c(Cl)c2)NC1C. The molecule has 0 spiro atoms. The molecule has 2 atom stereocenters. The van der Waals surface area contributed by atoms with E-state index in [-0.39, 0.29) is 10.8 Å². The Balaban J connectivity index is 2.00. The van der Waals surface area contributed by atoms with Crippen molar-refractivity contribution in [1.29, 1.82) is 0 Å². The fourth-order valence-corrected chi connectivity index (χ4v) is 2.96. The smallest absolute Gasteiger partial charge is 0.157 e. The van der Waals surface area contributed by atoms with Gasteiger partial charge in [-0.2, -0.15) is 0 Å². The molecule has 98 valence electrons. The second-order valence-corrected chi connectivity index (χ2v) is 6.01. The second kappa shape index (κ2) is 5.93. The zero-order chi connectivity index (χ0) is 13.1. The van der Waals surface area contributed by atoms with Crippen molar-refractivity contribution < 1.29 is 4.39 Å². The van der Waals surface area contributed by atoms with Crippen molar-refractivity contribution in [3.63, 3.8) is 0 Å².